The van der Waals surface area contributed by atoms with Crippen LogP contribution in [0.15, 0.2) is 48.5 Å². The molecule has 0 radical (unpaired) electrons. The van der Waals surface area contributed by atoms with E-state index in [1.165, 1.54) is 55.2 Å². The fraction of sp³-hybridized carbons (Fsp3) is 0.533. The summed E-state index contributed by atoms with van der Waals surface area (Å²) in [6.07, 6.45) is 6.00. The molecular weight excluding hydrogens is 530 g/mol. The number of alkyl carbamates (subject to hydrolysis) is 1. The lowest BCUT2D eigenvalue weighted by Crippen LogP contribution is -2.51. The lowest BCUT2D eigenvalue weighted by Gasteiger charge is -2.33. The van der Waals surface area contributed by atoms with Gasteiger partial charge in [0.2, 0.25) is 0 Å². The van der Waals surface area contributed by atoms with E-state index in [4.69, 9.17) is 4.74 Å². The van der Waals surface area contributed by atoms with Crippen LogP contribution in [0.3, 0.4) is 0 Å². The van der Waals surface area contributed by atoms with E-state index in [1.54, 1.807) is 69.9 Å². The van der Waals surface area contributed by atoms with Crippen molar-refractivity contribution in [3.63, 3.8) is 0 Å². The van der Waals surface area contributed by atoms with Crippen LogP contribution in [0.2, 0.25) is 0 Å². The summed E-state index contributed by atoms with van der Waals surface area (Å²) < 4.78 is 5.57. The highest BCUT2D eigenvalue weighted by Crippen LogP contribution is 2.31. The number of hydrogen-bond donors (Lipinski definition) is 2. The molecule has 1 aliphatic carbocycles. The number of aromatic hydroxyl groups is 1. The Balaban J connectivity index is 1.88. The van der Waals surface area contributed by atoms with E-state index in [2.05, 4.69) is 5.32 Å². The summed E-state index contributed by atoms with van der Waals surface area (Å²) in [4.78, 5) is 38.5. The Morgan fingerprint density at radius 2 is 1.77 bits per heavy atom. The first-order chi connectivity index (χ1) is 18.9. The normalized spacial score (nSPS) is 15.6. The van der Waals surface area contributed by atoms with E-state index in [0.29, 0.717) is 12.3 Å². The average Bonchev–Trinajstić information content (AvgIpc) is 2.90. The summed E-state index contributed by atoms with van der Waals surface area (Å²) in [7, 11) is 1.65. The second-order valence-electron chi connectivity index (χ2n) is 11.5. The number of phenolic OH excluding ortho intramolecular Hbond substituents is 1. The van der Waals surface area contributed by atoms with Gasteiger partial charge in [-0.3, -0.25) is 14.9 Å². The van der Waals surface area contributed by atoms with Gasteiger partial charge in [0.05, 0.1) is 16.5 Å². The van der Waals surface area contributed by atoms with E-state index in [0.717, 1.165) is 11.3 Å². The highest BCUT2D eigenvalue weighted by Gasteiger charge is 2.31. The number of carbonyl (C=O) groups excluding carboxylic acids is 2. The Morgan fingerprint density at radius 3 is 2.38 bits per heavy atom. The van der Waals surface area contributed by atoms with Gasteiger partial charge < -0.3 is 20.1 Å². The van der Waals surface area contributed by atoms with Crippen LogP contribution in [0, 0.1) is 16.0 Å². The van der Waals surface area contributed by atoms with Crippen molar-refractivity contribution in [2.45, 2.75) is 76.2 Å². The fourth-order valence-corrected chi connectivity index (χ4v) is 6.42. The maximum Gasteiger partial charge on any atom is 0.407 e. The first kappa shape index (κ1) is 31.3. The molecule has 0 spiro atoms. The van der Waals surface area contributed by atoms with Crippen LogP contribution in [-0.4, -0.2) is 63.2 Å². The fourth-order valence-electron chi connectivity index (χ4n) is 4.87. The van der Waals surface area contributed by atoms with Crippen molar-refractivity contribution in [3.05, 3.63) is 69.8 Å². The number of non-ortho nitro benzene ring substituents is 1. The summed E-state index contributed by atoms with van der Waals surface area (Å²) >= 11 is 1.76. The van der Waals surface area contributed by atoms with Gasteiger partial charge in [-0.25, -0.2) is 4.79 Å². The van der Waals surface area contributed by atoms with Crippen molar-refractivity contribution < 1.29 is 24.4 Å². The number of thioether (sulfide) groups is 1. The Kier molecular flexibility index (Phi) is 11.2. The van der Waals surface area contributed by atoms with Gasteiger partial charge in [-0.1, -0.05) is 43.5 Å². The number of carbonyl (C=O) groups is 2. The minimum Gasteiger partial charge on any atom is -0.507 e. The molecule has 3 rings (SSSR count). The molecule has 2 aromatic carbocycles. The average molecular weight is 572 g/mol. The standard InChI is InChI=1S/C30H41N3O6S/c1-30(2,3)39-29(36)31-25(19-32(4)28(35)24-12-8-9-13-26(24)34)27(40-20-22-10-6-5-7-11-22)18-21-14-16-23(17-15-21)33(37)38/h8-9,12-17,22,25,27,34H,5-7,10-11,18-20H2,1-4H3,(H,31,36). The van der Waals surface area contributed by atoms with Gasteiger partial charge in [0.1, 0.15) is 11.4 Å². The zero-order valence-electron chi connectivity index (χ0n) is 23.8. The van der Waals surface area contributed by atoms with Crippen molar-refractivity contribution in [1.82, 2.24) is 10.2 Å². The zero-order chi connectivity index (χ0) is 29.3. The van der Waals surface area contributed by atoms with Gasteiger partial charge in [-0.15, -0.1) is 0 Å². The van der Waals surface area contributed by atoms with Crippen molar-refractivity contribution >= 4 is 29.4 Å². The number of amides is 2. The first-order valence-corrected chi connectivity index (χ1v) is 14.9. The van der Waals surface area contributed by atoms with Crippen LogP contribution in [0.25, 0.3) is 0 Å². The Hall–Kier alpha value is -3.27. The van der Waals surface area contributed by atoms with Crippen LogP contribution in [0.5, 0.6) is 5.75 Å². The zero-order valence-corrected chi connectivity index (χ0v) is 24.6. The molecule has 0 saturated heterocycles. The molecule has 2 atom stereocenters. The smallest absolute Gasteiger partial charge is 0.407 e. The van der Waals surface area contributed by atoms with Crippen molar-refractivity contribution in [2.75, 3.05) is 19.3 Å². The largest absolute Gasteiger partial charge is 0.507 e. The predicted octanol–water partition coefficient (Wildman–Crippen LogP) is 6.19. The second kappa shape index (κ2) is 14.4. The summed E-state index contributed by atoms with van der Waals surface area (Å²) in [5, 5.41) is 24.3. The highest BCUT2D eigenvalue weighted by atomic mass is 32.2. The molecule has 9 nitrogen and oxygen atoms in total. The molecule has 2 amide bonds. The second-order valence-corrected chi connectivity index (χ2v) is 12.7. The third-order valence-corrected chi connectivity index (χ3v) is 8.54. The molecule has 0 aromatic heterocycles. The molecule has 2 aromatic rings. The van der Waals surface area contributed by atoms with Crippen molar-refractivity contribution in [1.29, 1.82) is 0 Å². The van der Waals surface area contributed by atoms with E-state index < -0.39 is 22.7 Å². The molecule has 218 valence electrons. The molecular formula is C30H41N3O6S. The molecule has 1 aliphatic rings. The number of ether oxygens (including phenoxy) is 1. The number of nitro groups is 1. The molecule has 0 aliphatic heterocycles. The Labute approximate surface area is 240 Å². The van der Waals surface area contributed by atoms with Gasteiger partial charge in [0.15, 0.2) is 0 Å². The molecule has 40 heavy (non-hydrogen) atoms. The number of phenols is 1. The Bertz CT molecular complexity index is 1140. The van der Waals surface area contributed by atoms with Crippen LogP contribution in [0.4, 0.5) is 10.5 Å². The molecule has 2 unspecified atom stereocenters. The lowest BCUT2D eigenvalue weighted by atomic mass is 9.91. The van der Waals surface area contributed by atoms with Gasteiger partial charge >= 0.3 is 6.09 Å². The third kappa shape index (κ3) is 9.73. The Morgan fingerprint density at radius 1 is 1.12 bits per heavy atom. The maximum absolute atomic E-state index is 13.3. The number of likely N-dealkylation sites (N-methyl/N-ethyl adjacent to an activating group) is 1. The molecule has 1 saturated carbocycles. The monoisotopic (exact) mass is 571 g/mol. The molecule has 1 fully saturated rings. The summed E-state index contributed by atoms with van der Waals surface area (Å²) in [5.41, 5.74) is 0.404. The minimum atomic E-state index is -0.699. The highest BCUT2D eigenvalue weighted by molar-refractivity contribution is 7.99. The van der Waals surface area contributed by atoms with Crippen molar-refractivity contribution in [2.24, 2.45) is 5.92 Å². The summed E-state index contributed by atoms with van der Waals surface area (Å²) in [6, 6.07) is 12.4. The van der Waals surface area contributed by atoms with Crippen LogP contribution >= 0.6 is 11.8 Å². The van der Waals surface area contributed by atoms with E-state index in [-0.39, 0.29) is 34.7 Å². The summed E-state index contributed by atoms with van der Waals surface area (Å²) in [6.45, 7) is 5.56. The van der Waals surface area contributed by atoms with E-state index in [9.17, 15) is 24.8 Å². The number of nitro benzene ring substituents is 1. The first-order valence-electron chi connectivity index (χ1n) is 13.8. The number of nitrogens with zero attached hydrogens (tertiary/aromatic N) is 2. The lowest BCUT2D eigenvalue weighted by molar-refractivity contribution is -0.384. The molecule has 0 bridgehead atoms. The molecule has 2 N–H and O–H groups in total. The maximum atomic E-state index is 13.3. The van der Waals surface area contributed by atoms with E-state index >= 15 is 0 Å². The molecule has 0 heterocycles. The van der Waals surface area contributed by atoms with Gasteiger partial charge in [0, 0.05) is 31.0 Å². The van der Waals surface area contributed by atoms with Crippen LogP contribution in [0.1, 0.15) is 68.8 Å². The SMILES string of the molecule is CN(CC(NC(=O)OC(C)(C)C)C(Cc1ccc([N+](=O)[O-])cc1)SCC1CCCCC1)C(=O)c1ccccc1O. The van der Waals surface area contributed by atoms with Gasteiger partial charge in [-0.05, 0) is 69.4 Å². The molecule has 10 heteroatoms. The number of benzene rings is 2. The topological polar surface area (TPSA) is 122 Å². The third-order valence-electron chi connectivity index (χ3n) is 6.96. The van der Waals surface area contributed by atoms with E-state index in [1.807, 2.05) is 0 Å². The number of para-hydroxylation sites is 1. The minimum absolute atomic E-state index is 0.0200. The van der Waals surface area contributed by atoms with Crippen LogP contribution in [-0.2, 0) is 11.2 Å². The quantitative estimate of drug-likeness (QED) is 0.244. The number of hydrogen-bond acceptors (Lipinski definition) is 7. The summed E-state index contributed by atoms with van der Waals surface area (Å²) in [5.74, 6) is 1.04. The van der Waals surface area contributed by atoms with Crippen molar-refractivity contribution in [3.8, 4) is 5.75 Å². The van der Waals surface area contributed by atoms with Crippen LogP contribution < -0.4 is 5.32 Å². The van der Waals surface area contributed by atoms with Gasteiger partial charge in [0.25, 0.3) is 11.6 Å². The van der Waals surface area contributed by atoms with Gasteiger partial charge in [-0.2, -0.15) is 11.8 Å². The predicted molar refractivity (Wildman–Crippen MR) is 158 cm³/mol. The number of nitrogens with one attached hydrogen (secondary N) is 1. The number of rotatable bonds is 11.